The Labute approximate surface area is 294 Å². The van der Waals surface area contributed by atoms with Gasteiger partial charge in [-0.2, -0.15) is 0 Å². The number of nitrogens with zero attached hydrogens (tertiary/aromatic N) is 5. The van der Waals surface area contributed by atoms with Crippen LogP contribution < -0.4 is 10.6 Å². The summed E-state index contributed by atoms with van der Waals surface area (Å²) in [6.45, 7) is 10.3. The molecule has 0 aliphatic carbocycles. The summed E-state index contributed by atoms with van der Waals surface area (Å²) >= 11 is 1.50. The van der Waals surface area contributed by atoms with Gasteiger partial charge in [0.05, 0.1) is 36.1 Å². The number of hydrogen-bond donors (Lipinski definition) is 3. The molecule has 3 atom stereocenters. The van der Waals surface area contributed by atoms with E-state index in [1.807, 2.05) is 48.7 Å². The minimum atomic E-state index is -0.691. The molecule has 15 heteroatoms. The lowest BCUT2D eigenvalue weighted by Crippen LogP contribution is -2.51. The van der Waals surface area contributed by atoms with Gasteiger partial charge in [-0.25, -0.2) is 19.6 Å². The van der Waals surface area contributed by atoms with Crippen molar-refractivity contribution in [1.82, 2.24) is 34.5 Å². The van der Waals surface area contributed by atoms with Gasteiger partial charge in [0, 0.05) is 19.3 Å². The molecule has 2 aliphatic rings. The predicted molar refractivity (Wildman–Crippen MR) is 189 cm³/mol. The summed E-state index contributed by atoms with van der Waals surface area (Å²) in [6.07, 6.45) is 7.33. The van der Waals surface area contributed by atoms with E-state index in [-0.39, 0.29) is 23.8 Å². The largest absolute Gasteiger partial charge is 0.453 e. The SMILES string of the molecule is COC(=O)NC(C(=O)N1CCCC1c1ncc(-c2ccc(-c3cn4cc(NC(=O)C5CCCN5C(=O)OC(C)(C)C)nc4s3)cc2)[nH]1)C(C)C. The number of thiazole rings is 1. The fourth-order valence-electron chi connectivity index (χ4n) is 6.44. The number of methoxy groups -OCH3 is 1. The molecule has 4 aromatic rings. The Hall–Kier alpha value is -4.92. The summed E-state index contributed by atoms with van der Waals surface area (Å²) in [6, 6.07) is 6.60. The molecule has 3 unspecified atom stereocenters. The van der Waals surface area contributed by atoms with E-state index in [0.29, 0.717) is 31.2 Å². The molecule has 266 valence electrons. The summed E-state index contributed by atoms with van der Waals surface area (Å²) < 4.78 is 12.1. The van der Waals surface area contributed by atoms with E-state index in [4.69, 9.17) is 9.47 Å². The Balaban J connectivity index is 1.10. The third kappa shape index (κ3) is 7.47. The van der Waals surface area contributed by atoms with Crippen LogP contribution in [0.4, 0.5) is 15.4 Å². The summed E-state index contributed by atoms with van der Waals surface area (Å²) in [5.74, 6) is 0.606. The zero-order chi connectivity index (χ0) is 35.7. The standard InChI is InChI=1S/C35H44N8O6S/c1-20(2)28(40-33(46)48-6)31(45)42-15-7-9-24(42)29-36-17-23(37-29)21-11-13-22(14-12-21)26-18-41-19-27(39-32(41)50-26)38-30(44)25-10-8-16-43(25)34(47)49-35(3,4)5/h11-14,17-20,24-25,28H,7-10,15-16H2,1-6H3,(H,36,37)(H,38,44)(H,40,46). The highest BCUT2D eigenvalue weighted by Gasteiger charge is 2.38. The molecule has 1 aromatic carbocycles. The van der Waals surface area contributed by atoms with Gasteiger partial charge in [-0.05, 0) is 63.5 Å². The summed E-state index contributed by atoms with van der Waals surface area (Å²) in [7, 11) is 1.28. The number of aromatic amines is 1. The van der Waals surface area contributed by atoms with Crippen LogP contribution in [0.3, 0.4) is 0 Å². The van der Waals surface area contributed by atoms with Gasteiger partial charge in [-0.1, -0.05) is 49.4 Å². The van der Waals surface area contributed by atoms with Crippen LogP contribution in [0.2, 0.25) is 0 Å². The molecule has 2 fully saturated rings. The molecule has 0 bridgehead atoms. The minimum absolute atomic E-state index is 0.107. The van der Waals surface area contributed by atoms with Gasteiger partial charge in [0.15, 0.2) is 10.8 Å². The van der Waals surface area contributed by atoms with E-state index in [1.54, 1.807) is 38.1 Å². The molecule has 3 aromatic heterocycles. The van der Waals surface area contributed by atoms with E-state index in [2.05, 4.69) is 25.6 Å². The van der Waals surface area contributed by atoms with Crippen LogP contribution in [0.1, 0.15) is 72.2 Å². The van der Waals surface area contributed by atoms with Gasteiger partial charge in [0.1, 0.15) is 23.5 Å². The molecular formula is C35H44N8O6S. The number of amides is 4. The fourth-order valence-corrected chi connectivity index (χ4v) is 7.41. The number of carbonyl (C=O) groups is 4. The number of H-pyrrole nitrogens is 1. The van der Waals surface area contributed by atoms with E-state index >= 15 is 0 Å². The van der Waals surface area contributed by atoms with Crippen molar-refractivity contribution >= 4 is 46.1 Å². The van der Waals surface area contributed by atoms with Crippen molar-refractivity contribution in [1.29, 1.82) is 0 Å². The number of likely N-dealkylation sites (tertiary alicyclic amines) is 2. The van der Waals surface area contributed by atoms with Crippen molar-refractivity contribution in [2.75, 3.05) is 25.5 Å². The first-order valence-corrected chi connectivity index (χ1v) is 17.7. The Morgan fingerprint density at radius 1 is 1.00 bits per heavy atom. The molecule has 0 saturated carbocycles. The Bertz CT molecular complexity index is 1840. The molecule has 2 saturated heterocycles. The maximum absolute atomic E-state index is 13.5. The predicted octanol–water partition coefficient (Wildman–Crippen LogP) is 5.84. The number of aromatic nitrogens is 4. The van der Waals surface area contributed by atoms with Crippen molar-refractivity contribution in [3.8, 4) is 21.7 Å². The molecule has 5 heterocycles. The van der Waals surface area contributed by atoms with Crippen molar-refractivity contribution in [2.24, 2.45) is 5.92 Å². The van der Waals surface area contributed by atoms with Gasteiger partial charge in [0.25, 0.3) is 0 Å². The maximum Gasteiger partial charge on any atom is 0.410 e. The average Bonchev–Trinajstić information content (AvgIpc) is 3.89. The zero-order valence-corrected chi connectivity index (χ0v) is 30.0. The first kappa shape index (κ1) is 34.9. The van der Waals surface area contributed by atoms with Crippen molar-refractivity contribution < 1.29 is 28.7 Å². The lowest BCUT2D eigenvalue weighted by atomic mass is 10.0. The third-order valence-corrected chi connectivity index (χ3v) is 9.96. The average molecular weight is 705 g/mol. The quantitative estimate of drug-likeness (QED) is 0.206. The highest BCUT2D eigenvalue weighted by atomic mass is 32.1. The van der Waals surface area contributed by atoms with Crippen molar-refractivity contribution in [2.45, 2.75) is 84.0 Å². The van der Waals surface area contributed by atoms with Crippen LogP contribution in [0.5, 0.6) is 0 Å². The van der Waals surface area contributed by atoms with Crippen LogP contribution in [0.25, 0.3) is 26.7 Å². The van der Waals surface area contributed by atoms with Crippen LogP contribution in [-0.4, -0.2) is 91.0 Å². The number of imidazole rings is 2. The fraction of sp³-hybridized carbons (Fsp3) is 0.486. The number of ether oxygens (including phenoxy) is 2. The van der Waals surface area contributed by atoms with Crippen molar-refractivity contribution in [3.05, 3.63) is 48.7 Å². The molecule has 14 nitrogen and oxygen atoms in total. The van der Waals surface area contributed by atoms with Crippen molar-refractivity contribution in [3.63, 3.8) is 0 Å². The van der Waals surface area contributed by atoms with E-state index in [1.165, 1.54) is 23.3 Å². The summed E-state index contributed by atoms with van der Waals surface area (Å²) in [5.41, 5.74) is 2.17. The molecule has 6 rings (SSSR count). The molecule has 3 N–H and O–H groups in total. The zero-order valence-electron chi connectivity index (χ0n) is 29.2. The van der Waals surface area contributed by atoms with Gasteiger partial charge in [-0.3, -0.25) is 18.9 Å². The number of rotatable bonds is 8. The Kier molecular flexibility index (Phi) is 9.87. The van der Waals surface area contributed by atoms with E-state index < -0.39 is 29.9 Å². The summed E-state index contributed by atoms with van der Waals surface area (Å²) in [5, 5.41) is 5.56. The highest BCUT2D eigenvalue weighted by molar-refractivity contribution is 7.20. The van der Waals surface area contributed by atoms with Gasteiger partial charge >= 0.3 is 12.2 Å². The first-order chi connectivity index (χ1) is 23.8. The molecule has 2 aliphatic heterocycles. The lowest BCUT2D eigenvalue weighted by molar-refractivity contribution is -0.135. The number of carbonyl (C=O) groups excluding carboxylic acids is 4. The number of anilines is 1. The second-order valence-electron chi connectivity index (χ2n) is 14.0. The number of alkyl carbamates (subject to hydrolysis) is 1. The maximum atomic E-state index is 13.5. The lowest BCUT2D eigenvalue weighted by Gasteiger charge is -2.30. The molecule has 0 spiro atoms. The highest BCUT2D eigenvalue weighted by Crippen LogP contribution is 2.34. The molecular weight excluding hydrogens is 661 g/mol. The number of nitrogens with one attached hydrogen (secondary N) is 3. The van der Waals surface area contributed by atoms with E-state index in [9.17, 15) is 19.2 Å². The van der Waals surface area contributed by atoms with Gasteiger partial charge < -0.3 is 30.0 Å². The molecule has 4 amide bonds. The monoisotopic (exact) mass is 704 g/mol. The van der Waals surface area contributed by atoms with Gasteiger partial charge in [-0.15, -0.1) is 0 Å². The minimum Gasteiger partial charge on any atom is -0.453 e. The first-order valence-electron chi connectivity index (χ1n) is 16.9. The third-order valence-electron chi connectivity index (χ3n) is 8.91. The summed E-state index contributed by atoms with van der Waals surface area (Å²) in [4.78, 5) is 68.8. The topological polar surface area (TPSA) is 163 Å². The Morgan fingerprint density at radius 2 is 1.70 bits per heavy atom. The van der Waals surface area contributed by atoms with Crippen LogP contribution >= 0.6 is 11.3 Å². The molecule has 50 heavy (non-hydrogen) atoms. The second-order valence-corrected chi connectivity index (χ2v) is 15.0. The van der Waals surface area contributed by atoms with E-state index in [0.717, 1.165) is 45.9 Å². The van der Waals surface area contributed by atoms with Gasteiger partial charge in [0.2, 0.25) is 11.8 Å². The second kappa shape index (κ2) is 14.1. The van der Waals surface area contributed by atoms with Crippen LogP contribution in [-0.2, 0) is 19.1 Å². The Morgan fingerprint density at radius 3 is 2.38 bits per heavy atom. The number of benzene rings is 1. The smallest absolute Gasteiger partial charge is 0.410 e. The molecule has 0 radical (unpaired) electrons. The van der Waals surface area contributed by atoms with Crippen LogP contribution in [0, 0.1) is 5.92 Å². The number of hydrogen-bond acceptors (Lipinski definition) is 9. The number of fused-ring (bicyclic) bond motifs is 1. The normalized spacial score (nSPS) is 18.5. The van der Waals surface area contributed by atoms with Crippen LogP contribution in [0.15, 0.2) is 42.9 Å².